The molecule has 0 spiro atoms. The Morgan fingerprint density at radius 3 is 2.59 bits per heavy atom. The first-order chi connectivity index (χ1) is 10.7. The smallest absolute Gasteiger partial charge is 0.337 e. The summed E-state index contributed by atoms with van der Waals surface area (Å²) < 4.78 is 4.76. The minimum absolute atomic E-state index is 0.218. The lowest BCUT2D eigenvalue weighted by atomic mass is 10.1. The molecule has 2 amide bonds. The van der Waals surface area contributed by atoms with Crippen LogP contribution >= 0.6 is 0 Å². The van der Waals surface area contributed by atoms with E-state index in [4.69, 9.17) is 4.74 Å². The molecule has 118 valence electrons. The fourth-order valence-corrected chi connectivity index (χ4v) is 2.69. The van der Waals surface area contributed by atoms with E-state index in [-0.39, 0.29) is 6.03 Å². The number of hydrogen-bond acceptors (Lipinski definition) is 4. The van der Waals surface area contributed by atoms with Crippen molar-refractivity contribution < 1.29 is 14.3 Å². The SMILES string of the molecule is COC(=O)c1ccc(N2CCCC2)c(NC(=O)NC2CC2)c1. The van der Waals surface area contributed by atoms with E-state index in [1.807, 2.05) is 6.07 Å². The maximum Gasteiger partial charge on any atom is 0.337 e. The number of hydrogen-bond donors (Lipinski definition) is 2. The van der Waals surface area contributed by atoms with Gasteiger partial charge in [-0.05, 0) is 43.9 Å². The van der Waals surface area contributed by atoms with Crippen molar-refractivity contribution in [1.29, 1.82) is 0 Å². The number of methoxy groups -OCH3 is 1. The third-order valence-corrected chi connectivity index (χ3v) is 4.03. The van der Waals surface area contributed by atoms with Gasteiger partial charge in [-0.3, -0.25) is 0 Å². The average Bonchev–Trinajstić information content (AvgIpc) is 3.16. The van der Waals surface area contributed by atoms with Crippen molar-refractivity contribution in [2.45, 2.75) is 31.7 Å². The van der Waals surface area contributed by atoms with Gasteiger partial charge in [-0.1, -0.05) is 0 Å². The van der Waals surface area contributed by atoms with E-state index in [0.717, 1.165) is 44.5 Å². The summed E-state index contributed by atoms with van der Waals surface area (Å²) in [4.78, 5) is 26.0. The number of carbonyl (C=O) groups is 2. The van der Waals surface area contributed by atoms with Gasteiger partial charge in [-0.2, -0.15) is 0 Å². The Hall–Kier alpha value is -2.24. The van der Waals surface area contributed by atoms with Gasteiger partial charge in [0.2, 0.25) is 0 Å². The Bertz CT molecular complexity index is 578. The second kappa shape index (κ2) is 6.25. The van der Waals surface area contributed by atoms with Crippen LogP contribution in [-0.2, 0) is 4.74 Å². The molecule has 1 saturated heterocycles. The summed E-state index contributed by atoms with van der Waals surface area (Å²) in [7, 11) is 1.35. The summed E-state index contributed by atoms with van der Waals surface area (Å²) in [6.07, 6.45) is 4.36. The van der Waals surface area contributed by atoms with Crippen molar-refractivity contribution >= 4 is 23.4 Å². The Morgan fingerprint density at radius 1 is 1.23 bits per heavy atom. The predicted octanol–water partition coefficient (Wildman–Crippen LogP) is 2.36. The Morgan fingerprint density at radius 2 is 1.95 bits per heavy atom. The molecule has 2 N–H and O–H groups in total. The van der Waals surface area contributed by atoms with Gasteiger partial charge in [0.1, 0.15) is 0 Å². The molecule has 1 saturated carbocycles. The lowest BCUT2D eigenvalue weighted by Gasteiger charge is -2.22. The molecular formula is C16H21N3O3. The van der Waals surface area contributed by atoms with Crippen molar-refractivity contribution in [3.05, 3.63) is 23.8 Å². The van der Waals surface area contributed by atoms with E-state index in [9.17, 15) is 9.59 Å². The largest absolute Gasteiger partial charge is 0.465 e. The Balaban J connectivity index is 1.83. The summed E-state index contributed by atoms with van der Waals surface area (Å²) in [5.41, 5.74) is 2.05. The number of anilines is 2. The summed E-state index contributed by atoms with van der Waals surface area (Å²) in [6, 6.07) is 5.38. The summed E-state index contributed by atoms with van der Waals surface area (Å²) >= 11 is 0. The molecule has 0 radical (unpaired) electrons. The molecule has 1 aromatic carbocycles. The van der Waals surface area contributed by atoms with Gasteiger partial charge in [-0.15, -0.1) is 0 Å². The Labute approximate surface area is 129 Å². The average molecular weight is 303 g/mol. The Kier molecular flexibility index (Phi) is 4.18. The van der Waals surface area contributed by atoms with E-state index in [0.29, 0.717) is 17.3 Å². The normalized spacial score (nSPS) is 17.2. The number of rotatable bonds is 4. The number of benzene rings is 1. The number of ether oxygens (including phenoxy) is 1. The second-order valence-corrected chi connectivity index (χ2v) is 5.79. The maximum absolute atomic E-state index is 12.0. The van der Waals surface area contributed by atoms with Crippen LogP contribution in [0, 0.1) is 0 Å². The summed E-state index contributed by atoms with van der Waals surface area (Å²) in [5.74, 6) is -0.404. The van der Waals surface area contributed by atoms with Crippen LogP contribution in [0.1, 0.15) is 36.0 Å². The van der Waals surface area contributed by atoms with Crippen molar-refractivity contribution in [2.24, 2.45) is 0 Å². The highest BCUT2D eigenvalue weighted by Crippen LogP contribution is 2.30. The van der Waals surface area contributed by atoms with Gasteiger partial charge in [0.05, 0.1) is 24.0 Å². The van der Waals surface area contributed by atoms with Gasteiger partial charge in [0.25, 0.3) is 0 Å². The van der Waals surface area contributed by atoms with Crippen molar-refractivity contribution in [1.82, 2.24) is 5.32 Å². The van der Waals surface area contributed by atoms with E-state index >= 15 is 0 Å². The van der Waals surface area contributed by atoms with E-state index in [1.165, 1.54) is 7.11 Å². The van der Waals surface area contributed by atoms with Gasteiger partial charge in [0.15, 0.2) is 0 Å². The van der Waals surface area contributed by atoms with Crippen molar-refractivity contribution in [2.75, 3.05) is 30.4 Å². The molecule has 2 fully saturated rings. The van der Waals surface area contributed by atoms with Crippen molar-refractivity contribution in [3.8, 4) is 0 Å². The number of carbonyl (C=O) groups excluding carboxylic acids is 2. The molecule has 22 heavy (non-hydrogen) atoms. The quantitative estimate of drug-likeness (QED) is 0.838. The van der Waals surface area contributed by atoms with Crippen LogP contribution in [0.4, 0.5) is 16.2 Å². The highest BCUT2D eigenvalue weighted by molar-refractivity contribution is 5.97. The van der Waals surface area contributed by atoms with E-state index in [1.54, 1.807) is 12.1 Å². The fourth-order valence-electron chi connectivity index (χ4n) is 2.69. The number of nitrogens with zero attached hydrogens (tertiary/aromatic N) is 1. The standard InChI is InChI=1S/C16H21N3O3/c1-22-15(20)11-4-7-14(19-8-2-3-9-19)13(10-11)18-16(21)17-12-5-6-12/h4,7,10,12H,2-3,5-6,8-9H2,1H3,(H2,17,18,21). The molecule has 0 atom stereocenters. The van der Waals surface area contributed by atoms with Crippen molar-refractivity contribution in [3.63, 3.8) is 0 Å². The summed E-state index contributed by atoms with van der Waals surface area (Å²) in [6.45, 7) is 1.94. The van der Waals surface area contributed by atoms with Crippen LogP contribution in [0.2, 0.25) is 0 Å². The van der Waals surface area contributed by atoms with Gasteiger partial charge < -0.3 is 20.3 Å². The molecule has 0 bridgehead atoms. The zero-order chi connectivity index (χ0) is 15.5. The zero-order valence-electron chi connectivity index (χ0n) is 12.7. The molecule has 0 unspecified atom stereocenters. The van der Waals surface area contributed by atoms with Crippen LogP contribution in [-0.4, -0.2) is 38.2 Å². The van der Waals surface area contributed by atoms with Crippen LogP contribution < -0.4 is 15.5 Å². The molecule has 6 nitrogen and oxygen atoms in total. The topological polar surface area (TPSA) is 70.7 Å². The highest BCUT2D eigenvalue weighted by Gasteiger charge is 2.24. The van der Waals surface area contributed by atoms with E-state index < -0.39 is 5.97 Å². The summed E-state index contributed by atoms with van der Waals surface area (Å²) in [5, 5.41) is 5.78. The maximum atomic E-state index is 12.0. The van der Waals surface area contributed by atoms with Gasteiger partial charge >= 0.3 is 12.0 Å². The second-order valence-electron chi connectivity index (χ2n) is 5.79. The molecule has 1 aromatic rings. The number of esters is 1. The minimum Gasteiger partial charge on any atom is -0.465 e. The van der Waals surface area contributed by atoms with Crippen LogP contribution in [0.5, 0.6) is 0 Å². The molecule has 6 heteroatoms. The number of nitrogens with one attached hydrogen (secondary N) is 2. The first kappa shape index (κ1) is 14.7. The van der Waals surface area contributed by atoms with Gasteiger partial charge in [0, 0.05) is 19.1 Å². The molecule has 3 rings (SSSR count). The minimum atomic E-state index is -0.404. The molecule has 1 heterocycles. The fraction of sp³-hybridized carbons (Fsp3) is 0.500. The number of urea groups is 1. The molecule has 1 aliphatic carbocycles. The van der Waals surface area contributed by atoms with Gasteiger partial charge in [-0.25, -0.2) is 9.59 Å². The van der Waals surface area contributed by atoms with Crippen LogP contribution in [0.25, 0.3) is 0 Å². The molecule has 2 aliphatic rings. The first-order valence-electron chi connectivity index (χ1n) is 7.72. The highest BCUT2D eigenvalue weighted by atomic mass is 16.5. The van der Waals surface area contributed by atoms with E-state index in [2.05, 4.69) is 15.5 Å². The molecule has 1 aliphatic heterocycles. The van der Waals surface area contributed by atoms with Crippen LogP contribution in [0.15, 0.2) is 18.2 Å². The zero-order valence-corrected chi connectivity index (χ0v) is 12.7. The number of amides is 2. The molecule has 0 aromatic heterocycles. The van der Waals surface area contributed by atoms with Crippen LogP contribution in [0.3, 0.4) is 0 Å². The third-order valence-electron chi connectivity index (χ3n) is 4.03. The third kappa shape index (κ3) is 3.32. The predicted molar refractivity (Wildman–Crippen MR) is 84.4 cm³/mol. The first-order valence-corrected chi connectivity index (χ1v) is 7.72. The lowest BCUT2D eigenvalue weighted by Crippen LogP contribution is -2.31. The molecular weight excluding hydrogens is 282 g/mol. The monoisotopic (exact) mass is 303 g/mol. The lowest BCUT2D eigenvalue weighted by molar-refractivity contribution is 0.0601.